The smallest absolute Gasteiger partial charge is 0.287 e. The fourth-order valence-electron chi connectivity index (χ4n) is 2.23. The molecule has 0 radical (unpaired) electrons. The van der Waals surface area contributed by atoms with Gasteiger partial charge in [0.15, 0.2) is 5.76 Å². The van der Waals surface area contributed by atoms with Crippen LogP contribution in [0, 0.1) is 0 Å². The molecule has 1 aliphatic heterocycles. The van der Waals surface area contributed by atoms with Gasteiger partial charge in [-0.05, 0) is 25.0 Å². The molecule has 2 fully saturated rings. The van der Waals surface area contributed by atoms with E-state index < -0.39 is 0 Å². The fraction of sp³-hybridized carbons (Fsp3) is 0.500. The average molecular weight is 234 g/mol. The van der Waals surface area contributed by atoms with Crippen molar-refractivity contribution in [3.8, 4) is 0 Å². The van der Waals surface area contributed by atoms with Crippen molar-refractivity contribution in [1.82, 2.24) is 10.2 Å². The zero-order chi connectivity index (χ0) is 11.8. The number of hydrogen-bond acceptors (Lipinski definition) is 3. The average Bonchev–Trinajstić information content (AvgIpc) is 2.86. The number of furan rings is 1. The van der Waals surface area contributed by atoms with Gasteiger partial charge in [0.1, 0.15) is 0 Å². The molecule has 5 nitrogen and oxygen atoms in total. The molecule has 5 heteroatoms. The number of carbonyl (C=O) groups excluding carboxylic acids is 2. The Morgan fingerprint density at radius 2 is 2.29 bits per heavy atom. The summed E-state index contributed by atoms with van der Waals surface area (Å²) in [7, 11) is 0. The lowest BCUT2D eigenvalue weighted by atomic mass is 10.2. The van der Waals surface area contributed by atoms with Crippen molar-refractivity contribution >= 4 is 11.8 Å². The van der Waals surface area contributed by atoms with Crippen molar-refractivity contribution in [2.75, 3.05) is 6.54 Å². The Bertz CT molecular complexity index is 437. The standard InChI is InChI=1S/C12H14N2O3/c15-11-6-8(7-14(11)9-3-4-9)13-12(16)10-2-1-5-17-10/h1-2,5,8-9H,3-4,6-7H2,(H,13,16)/t8-/m0/s1. The predicted octanol–water partition coefficient (Wildman–Crippen LogP) is 0.773. The van der Waals surface area contributed by atoms with Gasteiger partial charge in [-0.1, -0.05) is 0 Å². The van der Waals surface area contributed by atoms with E-state index in [1.54, 1.807) is 12.1 Å². The molecule has 1 saturated heterocycles. The molecule has 1 aliphatic carbocycles. The molecule has 1 aromatic rings. The Balaban J connectivity index is 1.60. The summed E-state index contributed by atoms with van der Waals surface area (Å²) in [5.41, 5.74) is 0. The minimum atomic E-state index is -0.245. The number of nitrogens with one attached hydrogen (secondary N) is 1. The topological polar surface area (TPSA) is 62.6 Å². The second kappa shape index (κ2) is 3.91. The van der Waals surface area contributed by atoms with Gasteiger partial charge in [-0.3, -0.25) is 9.59 Å². The number of rotatable bonds is 3. The van der Waals surface area contributed by atoms with Crippen LogP contribution in [-0.2, 0) is 4.79 Å². The quantitative estimate of drug-likeness (QED) is 0.840. The van der Waals surface area contributed by atoms with Crippen LogP contribution in [0.25, 0.3) is 0 Å². The first-order chi connectivity index (χ1) is 8.24. The summed E-state index contributed by atoms with van der Waals surface area (Å²) in [6.45, 7) is 0.635. The Kier molecular flexibility index (Phi) is 2.39. The largest absolute Gasteiger partial charge is 0.459 e. The zero-order valence-corrected chi connectivity index (χ0v) is 9.39. The Hall–Kier alpha value is -1.78. The van der Waals surface area contributed by atoms with E-state index in [1.807, 2.05) is 4.90 Å². The minimum absolute atomic E-state index is 0.0827. The molecular formula is C12H14N2O3. The third-order valence-electron chi connectivity index (χ3n) is 3.23. The van der Waals surface area contributed by atoms with E-state index in [4.69, 9.17) is 4.42 Å². The normalized spacial score (nSPS) is 24.1. The van der Waals surface area contributed by atoms with E-state index in [2.05, 4.69) is 5.32 Å². The Labute approximate surface area is 98.8 Å². The van der Waals surface area contributed by atoms with Gasteiger partial charge >= 0.3 is 0 Å². The highest BCUT2D eigenvalue weighted by Crippen LogP contribution is 2.30. The molecule has 1 saturated carbocycles. The lowest BCUT2D eigenvalue weighted by molar-refractivity contribution is -0.128. The van der Waals surface area contributed by atoms with Gasteiger partial charge in [0.2, 0.25) is 5.91 Å². The van der Waals surface area contributed by atoms with Gasteiger partial charge < -0.3 is 14.6 Å². The van der Waals surface area contributed by atoms with Gasteiger partial charge in [0.25, 0.3) is 5.91 Å². The monoisotopic (exact) mass is 234 g/mol. The van der Waals surface area contributed by atoms with Crippen LogP contribution < -0.4 is 5.32 Å². The number of carbonyl (C=O) groups is 2. The molecule has 90 valence electrons. The number of nitrogens with zero attached hydrogens (tertiary/aromatic N) is 1. The zero-order valence-electron chi connectivity index (χ0n) is 9.39. The van der Waals surface area contributed by atoms with Gasteiger partial charge in [-0.2, -0.15) is 0 Å². The van der Waals surface area contributed by atoms with Crippen LogP contribution in [0.5, 0.6) is 0 Å². The second-order valence-electron chi connectivity index (χ2n) is 4.63. The van der Waals surface area contributed by atoms with Gasteiger partial charge in [-0.15, -0.1) is 0 Å². The van der Waals surface area contributed by atoms with Crippen molar-refractivity contribution in [1.29, 1.82) is 0 Å². The SMILES string of the molecule is O=C(N[C@H]1CC(=O)N(C2CC2)C1)c1ccco1. The van der Waals surface area contributed by atoms with Crippen LogP contribution in [0.4, 0.5) is 0 Å². The van der Waals surface area contributed by atoms with Crippen LogP contribution >= 0.6 is 0 Å². The Morgan fingerprint density at radius 3 is 2.94 bits per heavy atom. The first-order valence-electron chi connectivity index (χ1n) is 5.88. The van der Waals surface area contributed by atoms with Crippen molar-refractivity contribution in [2.45, 2.75) is 31.3 Å². The minimum Gasteiger partial charge on any atom is -0.459 e. The summed E-state index contributed by atoms with van der Waals surface area (Å²) in [5.74, 6) is 0.199. The van der Waals surface area contributed by atoms with Crippen LogP contribution in [0.2, 0.25) is 0 Å². The summed E-state index contributed by atoms with van der Waals surface area (Å²) in [5, 5.41) is 2.83. The summed E-state index contributed by atoms with van der Waals surface area (Å²) in [6, 6.07) is 3.63. The first kappa shape index (κ1) is 10.4. The maximum absolute atomic E-state index is 11.7. The lowest BCUT2D eigenvalue weighted by Crippen LogP contribution is -2.37. The molecule has 0 aromatic carbocycles. The summed E-state index contributed by atoms with van der Waals surface area (Å²) >= 11 is 0. The van der Waals surface area contributed by atoms with Gasteiger partial charge in [0.05, 0.1) is 12.3 Å². The first-order valence-corrected chi connectivity index (χ1v) is 5.88. The molecular weight excluding hydrogens is 220 g/mol. The molecule has 1 atom stereocenters. The molecule has 0 unspecified atom stereocenters. The predicted molar refractivity (Wildman–Crippen MR) is 59.3 cm³/mol. The highest BCUT2D eigenvalue weighted by Gasteiger charge is 2.39. The maximum Gasteiger partial charge on any atom is 0.287 e. The van der Waals surface area contributed by atoms with Crippen molar-refractivity contribution in [3.05, 3.63) is 24.2 Å². The van der Waals surface area contributed by atoms with Crippen molar-refractivity contribution in [2.24, 2.45) is 0 Å². The molecule has 2 aliphatic rings. The molecule has 2 heterocycles. The molecule has 3 rings (SSSR count). The lowest BCUT2D eigenvalue weighted by Gasteiger charge is -2.15. The van der Waals surface area contributed by atoms with E-state index in [0.717, 1.165) is 12.8 Å². The number of likely N-dealkylation sites (tertiary alicyclic amines) is 1. The Morgan fingerprint density at radius 1 is 1.47 bits per heavy atom. The second-order valence-corrected chi connectivity index (χ2v) is 4.63. The van der Waals surface area contributed by atoms with Crippen LogP contribution in [0.15, 0.2) is 22.8 Å². The molecule has 2 amide bonds. The fourth-order valence-corrected chi connectivity index (χ4v) is 2.23. The molecule has 1 N–H and O–H groups in total. The number of hydrogen-bond donors (Lipinski definition) is 1. The van der Waals surface area contributed by atoms with E-state index in [1.165, 1.54) is 6.26 Å². The highest BCUT2D eigenvalue weighted by atomic mass is 16.3. The van der Waals surface area contributed by atoms with E-state index >= 15 is 0 Å². The molecule has 17 heavy (non-hydrogen) atoms. The van der Waals surface area contributed by atoms with Crippen molar-refractivity contribution < 1.29 is 14.0 Å². The summed E-state index contributed by atoms with van der Waals surface area (Å²) < 4.78 is 5.01. The number of amides is 2. The third-order valence-corrected chi connectivity index (χ3v) is 3.23. The maximum atomic E-state index is 11.7. The molecule has 0 spiro atoms. The van der Waals surface area contributed by atoms with Gasteiger partial charge in [0, 0.05) is 19.0 Å². The van der Waals surface area contributed by atoms with Gasteiger partial charge in [-0.25, -0.2) is 0 Å². The van der Waals surface area contributed by atoms with Crippen LogP contribution in [0.1, 0.15) is 29.8 Å². The summed E-state index contributed by atoms with van der Waals surface area (Å²) in [4.78, 5) is 25.3. The van der Waals surface area contributed by atoms with Crippen molar-refractivity contribution in [3.63, 3.8) is 0 Å². The van der Waals surface area contributed by atoms with E-state index in [9.17, 15) is 9.59 Å². The highest BCUT2D eigenvalue weighted by molar-refractivity contribution is 5.92. The van der Waals surface area contributed by atoms with E-state index in [-0.39, 0.29) is 17.9 Å². The van der Waals surface area contributed by atoms with Crippen LogP contribution in [-0.4, -0.2) is 35.3 Å². The molecule has 1 aromatic heterocycles. The molecule has 0 bridgehead atoms. The van der Waals surface area contributed by atoms with Crippen LogP contribution in [0.3, 0.4) is 0 Å². The third kappa shape index (κ3) is 2.05. The summed E-state index contributed by atoms with van der Waals surface area (Å²) in [6.07, 6.45) is 4.07. The van der Waals surface area contributed by atoms with E-state index in [0.29, 0.717) is 24.8 Å².